The zero-order valence-corrected chi connectivity index (χ0v) is 14.0. The number of benzene rings is 2. The monoisotopic (exact) mass is 311 g/mol. The summed E-state index contributed by atoms with van der Waals surface area (Å²) in [5.41, 5.74) is 2.50. The van der Waals surface area contributed by atoms with Crippen LogP contribution in [0.1, 0.15) is 18.1 Å². The highest BCUT2D eigenvalue weighted by Crippen LogP contribution is 2.10. The van der Waals surface area contributed by atoms with Gasteiger partial charge in [0, 0.05) is 13.6 Å². The SMILES string of the molecule is CN=C(NCc1cccc(C)c1)NCC(C)Oc1ccccc1. The molecule has 1 unspecified atom stereocenters. The number of aliphatic imine (C=N–C) groups is 1. The standard InChI is InChI=1S/C19H25N3O/c1-15-8-7-9-17(12-15)14-22-19(20-3)21-13-16(2)23-18-10-5-4-6-11-18/h4-12,16H,13-14H2,1-3H3,(H2,20,21,22). The molecule has 0 aliphatic carbocycles. The lowest BCUT2D eigenvalue weighted by molar-refractivity contribution is 0.224. The molecule has 0 saturated carbocycles. The summed E-state index contributed by atoms with van der Waals surface area (Å²) in [7, 11) is 1.77. The molecule has 4 heteroatoms. The van der Waals surface area contributed by atoms with Gasteiger partial charge in [-0.05, 0) is 31.5 Å². The molecule has 0 fully saturated rings. The maximum Gasteiger partial charge on any atom is 0.191 e. The van der Waals surface area contributed by atoms with Gasteiger partial charge >= 0.3 is 0 Å². The lowest BCUT2D eigenvalue weighted by atomic mass is 10.1. The van der Waals surface area contributed by atoms with Gasteiger partial charge in [-0.25, -0.2) is 0 Å². The van der Waals surface area contributed by atoms with Gasteiger partial charge in [-0.2, -0.15) is 0 Å². The van der Waals surface area contributed by atoms with Gasteiger partial charge in [0.15, 0.2) is 5.96 Å². The van der Waals surface area contributed by atoms with Crippen LogP contribution in [0.2, 0.25) is 0 Å². The molecule has 0 aliphatic rings. The molecule has 0 amide bonds. The third-order valence-corrected chi connectivity index (χ3v) is 3.40. The zero-order valence-electron chi connectivity index (χ0n) is 14.0. The highest BCUT2D eigenvalue weighted by atomic mass is 16.5. The molecule has 2 rings (SSSR count). The van der Waals surface area contributed by atoms with E-state index < -0.39 is 0 Å². The predicted octanol–water partition coefficient (Wildman–Crippen LogP) is 3.13. The predicted molar refractivity (Wildman–Crippen MR) is 95.9 cm³/mol. The summed E-state index contributed by atoms with van der Waals surface area (Å²) in [6.07, 6.45) is 0.0509. The van der Waals surface area contributed by atoms with E-state index in [9.17, 15) is 0 Å². The van der Waals surface area contributed by atoms with Crippen molar-refractivity contribution in [2.45, 2.75) is 26.5 Å². The molecule has 23 heavy (non-hydrogen) atoms. The van der Waals surface area contributed by atoms with E-state index in [1.807, 2.05) is 37.3 Å². The zero-order chi connectivity index (χ0) is 16.5. The molecule has 0 heterocycles. The third-order valence-electron chi connectivity index (χ3n) is 3.40. The first-order valence-electron chi connectivity index (χ1n) is 7.89. The van der Waals surface area contributed by atoms with Crippen molar-refractivity contribution in [1.29, 1.82) is 0 Å². The summed E-state index contributed by atoms with van der Waals surface area (Å²) in [5, 5.41) is 6.60. The number of nitrogens with one attached hydrogen (secondary N) is 2. The van der Waals surface area contributed by atoms with E-state index in [0.717, 1.165) is 18.3 Å². The van der Waals surface area contributed by atoms with Crippen LogP contribution in [0.5, 0.6) is 5.75 Å². The van der Waals surface area contributed by atoms with E-state index in [1.54, 1.807) is 7.05 Å². The summed E-state index contributed by atoms with van der Waals surface area (Å²) >= 11 is 0. The fraction of sp³-hybridized carbons (Fsp3) is 0.316. The number of rotatable bonds is 6. The number of hydrogen-bond donors (Lipinski definition) is 2. The molecule has 0 aromatic heterocycles. The molecule has 122 valence electrons. The van der Waals surface area contributed by atoms with E-state index >= 15 is 0 Å². The Balaban J connectivity index is 1.76. The van der Waals surface area contributed by atoms with Gasteiger partial charge in [-0.1, -0.05) is 48.0 Å². The Labute approximate surface area is 138 Å². The van der Waals surface area contributed by atoms with Crippen molar-refractivity contribution in [3.05, 3.63) is 65.7 Å². The van der Waals surface area contributed by atoms with E-state index in [4.69, 9.17) is 4.74 Å². The smallest absolute Gasteiger partial charge is 0.191 e. The van der Waals surface area contributed by atoms with Crippen LogP contribution in [0.3, 0.4) is 0 Å². The van der Waals surface area contributed by atoms with Crippen LogP contribution in [0.25, 0.3) is 0 Å². The van der Waals surface area contributed by atoms with Crippen molar-refractivity contribution in [2.75, 3.05) is 13.6 Å². The topological polar surface area (TPSA) is 45.7 Å². The van der Waals surface area contributed by atoms with Crippen molar-refractivity contribution < 1.29 is 4.74 Å². The minimum absolute atomic E-state index is 0.0509. The molecule has 1 atom stereocenters. The molecular formula is C19H25N3O. The lowest BCUT2D eigenvalue weighted by Crippen LogP contribution is -2.41. The molecular weight excluding hydrogens is 286 g/mol. The summed E-state index contributed by atoms with van der Waals surface area (Å²) in [6, 6.07) is 18.3. The largest absolute Gasteiger partial charge is 0.489 e. The Hall–Kier alpha value is -2.49. The van der Waals surface area contributed by atoms with Gasteiger partial charge in [0.25, 0.3) is 0 Å². The van der Waals surface area contributed by atoms with Gasteiger partial charge in [-0.3, -0.25) is 4.99 Å². The first-order chi connectivity index (χ1) is 11.2. The number of guanidine groups is 1. The molecule has 0 spiro atoms. The van der Waals surface area contributed by atoms with Crippen LogP contribution < -0.4 is 15.4 Å². The minimum Gasteiger partial charge on any atom is -0.489 e. The summed E-state index contributed by atoms with van der Waals surface area (Å²) < 4.78 is 5.84. The fourth-order valence-corrected chi connectivity index (χ4v) is 2.24. The number of aryl methyl sites for hydroxylation is 1. The lowest BCUT2D eigenvalue weighted by Gasteiger charge is -2.17. The van der Waals surface area contributed by atoms with Crippen molar-refractivity contribution in [1.82, 2.24) is 10.6 Å². The molecule has 2 aromatic rings. The Morgan fingerprint density at radius 1 is 1.09 bits per heavy atom. The normalized spacial score (nSPS) is 12.6. The molecule has 0 saturated heterocycles. The summed E-state index contributed by atoms with van der Waals surface area (Å²) in [6.45, 7) is 5.56. The number of para-hydroxylation sites is 1. The van der Waals surface area contributed by atoms with E-state index in [0.29, 0.717) is 6.54 Å². The molecule has 0 radical (unpaired) electrons. The average Bonchev–Trinajstić information content (AvgIpc) is 2.56. The second-order valence-electron chi connectivity index (χ2n) is 5.54. The average molecular weight is 311 g/mol. The Morgan fingerprint density at radius 2 is 1.87 bits per heavy atom. The first kappa shape index (κ1) is 16.9. The van der Waals surface area contributed by atoms with Crippen LogP contribution in [-0.2, 0) is 6.54 Å². The molecule has 2 aromatic carbocycles. The van der Waals surface area contributed by atoms with Crippen LogP contribution >= 0.6 is 0 Å². The summed E-state index contributed by atoms with van der Waals surface area (Å²) in [5.74, 6) is 1.65. The van der Waals surface area contributed by atoms with Gasteiger partial charge in [-0.15, -0.1) is 0 Å². The molecule has 2 N–H and O–H groups in total. The van der Waals surface area contributed by atoms with Gasteiger partial charge in [0.2, 0.25) is 0 Å². The Morgan fingerprint density at radius 3 is 2.57 bits per heavy atom. The maximum atomic E-state index is 5.84. The number of nitrogens with zero attached hydrogens (tertiary/aromatic N) is 1. The number of hydrogen-bond acceptors (Lipinski definition) is 2. The Bertz CT molecular complexity index is 626. The maximum absolute atomic E-state index is 5.84. The first-order valence-corrected chi connectivity index (χ1v) is 7.89. The molecule has 0 bridgehead atoms. The van der Waals surface area contributed by atoms with Crippen molar-refractivity contribution in [2.24, 2.45) is 4.99 Å². The van der Waals surface area contributed by atoms with Crippen LogP contribution in [0.15, 0.2) is 59.6 Å². The summed E-state index contributed by atoms with van der Waals surface area (Å²) in [4.78, 5) is 4.24. The second kappa shape index (κ2) is 8.83. The molecule has 0 aliphatic heterocycles. The third kappa shape index (κ3) is 6.02. The highest BCUT2D eigenvalue weighted by Gasteiger charge is 2.05. The van der Waals surface area contributed by atoms with Crippen molar-refractivity contribution >= 4 is 5.96 Å². The van der Waals surface area contributed by atoms with E-state index in [2.05, 4.69) is 46.8 Å². The van der Waals surface area contributed by atoms with E-state index in [1.165, 1.54) is 11.1 Å². The van der Waals surface area contributed by atoms with Gasteiger partial charge in [0.05, 0.1) is 6.54 Å². The van der Waals surface area contributed by atoms with Crippen LogP contribution in [0.4, 0.5) is 0 Å². The second-order valence-corrected chi connectivity index (χ2v) is 5.54. The Kier molecular flexibility index (Phi) is 6.48. The fourth-order valence-electron chi connectivity index (χ4n) is 2.24. The van der Waals surface area contributed by atoms with Crippen molar-refractivity contribution in [3.8, 4) is 5.75 Å². The van der Waals surface area contributed by atoms with E-state index in [-0.39, 0.29) is 6.10 Å². The van der Waals surface area contributed by atoms with Crippen LogP contribution in [0, 0.1) is 6.92 Å². The van der Waals surface area contributed by atoms with Gasteiger partial charge < -0.3 is 15.4 Å². The van der Waals surface area contributed by atoms with Gasteiger partial charge in [0.1, 0.15) is 11.9 Å². The molecule has 4 nitrogen and oxygen atoms in total. The quantitative estimate of drug-likeness (QED) is 0.636. The highest BCUT2D eigenvalue weighted by molar-refractivity contribution is 5.79. The van der Waals surface area contributed by atoms with Crippen LogP contribution in [-0.4, -0.2) is 25.7 Å². The minimum atomic E-state index is 0.0509. The van der Waals surface area contributed by atoms with Crippen molar-refractivity contribution in [3.63, 3.8) is 0 Å². The number of ether oxygens (including phenoxy) is 1.